The van der Waals surface area contributed by atoms with E-state index in [9.17, 15) is 19.1 Å². The lowest BCUT2D eigenvalue weighted by Crippen LogP contribution is -2.30. The molecule has 2 aromatic carbocycles. The van der Waals surface area contributed by atoms with Gasteiger partial charge in [0.1, 0.15) is 5.82 Å². The summed E-state index contributed by atoms with van der Waals surface area (Å²) in [6, 6.07) is 12.2. The molecule has 3 rings (SSSR count). The summed E-state index contributed by atoms with van der Waals surface area (Å²) >= 11 is 0. The van der Waals surface area contributed by atoms with Gasteiger partial charge in [-0.05, 0) is 54.3 Å². The van der Waals surface area contributed by atoms with Crippen LogP contribution in [0.3, 0.4) is 0 Å². The fraction of sp³-hybridized carbons (Fsp3) is 0.280. The zero-order valence-corrected chi connectivity index (χ0v) is 17.8. The predicted molar refractivity (Wildman–Crippen MR) is 119 cm³/mol. The van der Waals surface area contributed by atoms with Crippen LogP contribution in [0.25, 0.3) is 28.1 Å². The number of hydrogen-bond donors (Lipinski definition) is 3. The summed E-state index contributed by atoms with van der Waals surface area (Å²) in [5.74, 6) is -1.64. The number of rotatable bonds is 8. The van der Waals surface area contributed by atoms with Crippen molar-refractivity contribution in [2.75, 3.05) is 0 Å². The van der Waals surface area contributed by atoms with E-state index < -0.39 is 18.0 Å². The Morgan fingerprint density at radius 3 is 2.42 bits per heavy atom. The number of benzene rings is 2. The van der Waals surface area contributed by atoms with Crippen molar-refractivity contribution in [3.63, 3.8) is 0 Å². The van der Waals surface area contributed by atoms with Gasteiger partial charge in [0.2, 0.25) is 0 Å². The molecule has 31 heavy (non-hydrogen) atoms. The Kier molecular flexibility index (Phi) is 6.41. The number of aliphatic hydroxyl groups is 1. The first-order valence-electron chi connectivity index (χ1n) is 10.1. The second-order valence-electron chi connectivity index (χ2n) is 8.39. The van der Waals surface area contributed by atoms with Gasteiger partial charge < -0.3 is 15.2 Å². The van der Waals surface area contributed by atoms with Crippen molar-refractivity contribution in [3.05, 3.63) is 65.6 Å². The van der Waals surface area contributed by atoms with Gasteiger partial charge in [0.15, 0.2) is 5.78 Å². The van der Waals surface area contributed by atoms with Gasteiger partial charge in [-0.25, -0.2) is 4.39 Å². The average molecular weight is 423 g/mol. The van der Waals surface area contributed by atoms with Crippen molar-refractivity contribution >= 4 is 28.7 Å². The van der Waals surface area contributed by atoms with Crippen LogP contribution in [-0.2, 0) is 9.59 Å². The van der Waals surface area contributed by atoms with E-state index in [1.807, 2.05) is 12.1 Å². The lowest BCUT2D eigenvalue weighted by molar-refractivity contribution is -0.142. The summed E-state index contributed by atoms with van der Waals surface area (Å²) in [5, 5.41) is 20.0. The first kappa shape index (κ1) is 22.4. The second-order valence-corrected chi connectivity index (χ2v) is 8.39. The number of fused-ring (bicyclic) bond motifs is 1. The van der Waals surface area contributed by atoms with Gasteiger partial charge in [0, 0.05) is 28.6 Å². The number of ketones is 1. The number of carbonyl (C=O) groups is 2. The number of carboxylic acid groups (broad SMARTS) is 1. The molecule has 0 saturated carbocycles. The van der Waals surface area contributed by atoms with Crippen molar-refractivity contribution < 1.29 is 24.2 Å². The molecule has 0 aliphatic rings. The molecule has 1 unspecified atom stereocenters. The highest BCUT2D eigenvalue weighted by molar-refractivity contribution is 6.04. The quantitative estimate of drug-likeness (QED) is 0.429. The lowest BCUT2D eigenvalue weighted by Gasteiger charge is -2.18. The molecule has 6 heteroatoms. The molecule has 1 heterocycles. The Bertz CT molecular complexity index is 1140. The number of aromatic nitrogens is 1. The Balaban J connectivity index is 2.06. The Morgan fingerprint density at radius 2 is 1.81 bits per heavy atom. The number of carbonyl (C=O) groups excluding carboxylic acids is 1. The number of aromatic amines is 1. The Morgan fingerprint density at radius 1 is 1.13 bits per heavy atom. The van der Waals surface area contributed by atoms with Gasteiger partial charge in [-0.2, -0.15) is 0 Å². The van der Waals surface area contributed by atoms with E-state index in [1.165, 1.54) is 25.1 Å². The topological polar surface area (TPSA) is 90.4 Å². The van der Waals surface area contributed by atoms with E-state index in [1.54, 1.807) is 18.2 Å². The van der Waals surface area contributed by atoms with E-state index in [0.717, 1.165) is 27.6 Å². The van der Waals surface area contributed by atoms with Crippen LogP contribution in [-0.4, -0.2) is 32.6 Å². The highest BCUT2D eigenvalue weighted by Crippen LogP contribution is 2.38. The van der Waals surface area contributed by atoms with Gasteiger partial charge in [0.05, 0.1) is 12.0 Å². The van der Waals surface area contributed by atoms with E-state index >= 15 is 0 Å². The molecule has 0 aliphatic heterocycles. The highest BCUT2D eigenvalue weighted by Gasteiger charge is 2.26. The van der Waals surface area contributed by atoms with Crippen LogP contribution in [0, 0.1) is 5.82 Å². The summed E-state index contributed by atoms with van der Waals surface area (Å²) in [7, 11) is 0. The van der Waals surface area contributed by atoms with E-state index in [4.69, 9.17) is 5.11 Å². The number of carboxylic acids is 1. The monoisotopic (exact) mass is 423 g/mol. The normalized spacial score (nSPS) is 13.7. The molecule has 162 valence electrons. The van der Waals surface area contributed by atoms with Crippen LogP contribution < -0.4 is 0 Å². The molecule has 0 spiro atoms. The first-order chi connectivity index (χ1) is 14.6. The van der Waals surface area contributed by atoms with Crippen molar-refractivity contribution in [2.24, 2.45) is 0 Å². The van der Waals surface area contributed by atoms with E-state index in [0.29, 0.717) is 5.69 Å². The largest absolute Gasteiger partial charge is 0.481 e. The van der Waals surface area contributed by atoms with E-state index in [-0.39, 0.29) is 23.9 Å². The SMILES string of the molecule is CC(C)c1cccc2[nH]c(/C=C/C(=O)CC(C)(O)CC(=O)O)c(-c3ccc(F)cc3)c12. The fourth-order valence-corrected chi connectivity index (χ4v) is 3.82. The third kappa shape index (κ3) is 5.27. The maximum absolute atomic E-state index is 13.5. The second kappa shape index (κ2) is 8.86. The van der Waals surface area contributed by atoms with Crippen LogP contribution >= 0.6 is 0 Å². The minimum atomic E-state index is -1.63. The fourth-order valence-electron chi connectivity index (χ4n) is 3.82. The molecule has 0 radical (unpaired) electrons. The van der Waals surface area contributed by atoms with Gasteiger partial charge in [-0.15, -0.1) is 0 Å². The molecule has 0 saturated heterocycles. The summed E-state index contributed by atoms with van der Waals surface area (Å²) < 4.78 is 13.5. The molecule has 3 aromatic rings. The van der Waals surface area contributed by atoms with Crippen LogP contribution in [0.2, 0.25) is 0 Å². The van der Waals surface area contributed by atoms with Crippen LogP contribution in [0.15, 0.2) is 48.5 Å². The number of allylic oxidation sites excluding steroid dienone is 1. The number of hydrogen-bond acceptors (Lipinski definition) is 3. The minimum Gasteiger partial charge on any atom is -0.481 e. The lowest BCUT2D eigenvalue weighted by atomic mass is 9.92. The zero-order chi connectivity index (χ0) is 22.8. The van der Waals surface area contributed by atoms with Gasteiger partial charge in [-0.1, -0.05) is 38.1 Å². The third-order valence-electron chi connectivity index (χ3n) is 5.16. The molecule has 0 aliphatic carbocycles. The zero-order valence-electron chi connectivity index (χ0n) is 17.8. The van der Waals surface area contributed by atoms with Crippen LogP contribution in [0.1, 0.15) is 50.8 Å². The average Bonchev–Trinajstić information content (AvgIpc) is 3.04. The molecule has 1 aromatic heterocycles. The molecule has 0 fully saturated rings. The molecular formula is C25H26FNO4. The van der Waals surface area contributed by atoms with E-state index in [2.05, 4.69) is 24.9 Å². The van der Waals surface area contributed by atoms with Gasteiger partial charge in [0.25, 0.3) is 0 Å². The molecule has 5 nitrogen and oxygen atoms in total. The predicted octanol–water partition coefficient (Wildman–Crippen LogP) is 5.30. The standard InChI is InChI=1S/C25H26FNO4/c1-15(2)19-5-4-6-20-24(19)23(16-7-9-17(26)10-8-16)21(27-20)12-11-18(28)13-25(3,31)14-22(29)30/h4-12,15,27,31H,13-14H2,1-3H3,(H,29,30)/b12-11+. The Labute approximate surface area is 180 Å². The Hall–Kier alpha value is -3.25. The highest BCUT2D eigenvalue weighted by atomic mass is 19.1. The summed E-state index contributed by atoms with van der Waals surface area (Å²) in [6.45, 7) is 5.52. The molecule has 0 amide bonds. The maximum atomic E-state index is 13.5. The van der Waals surface area contributed by atoms with Crippen LogP contribution in [0.4, 0.5) is 4.39 Å². The minimum absolute atomic E-state index is 0.253. The van der Waals surface area contributed by atoms with Crippen molar-refractivity contribution in [1.29, 1.82) is 0 Å². The summed E-state index contributed by atoms with van der Waals surface area (Å²) in [4.78, 5) is 26.6. The van der Waals surface area contributed by atoms with Crippen molar-refractivity contribution in [3.8, 4) is 11.1 Å². The maximum Gasteiger partial charge on any atom is 0.306 e. The molecule has 1 atom stereocenters. The summed E-state index contributed by atoms with van der Waals surface area (Å²) in [5.41, 5.74) is 2.75. The van der Waals surface area contributed by atoms with Crippen molar-refractivity contribution in [2.45, 2.75) is 45.1 Å². The van der Waals surface area contributed by atoms with Crippen LogP contribution in [0.5, 0.6) is 0 Å². The number of halogens is 1. The smallest absolute Gasteiger partial charge is 0.306 e. The number of H-pyrrole nitrogens is 1. The number of aliphatic carboxylic acids is 1. The van der Waals surface area contributed by atoms with Gasteiger partial charge >= 0.3 is 5.97 Å². The number of nitrogens with one attached hydrogen (secondary N) is 1. The molecule has 0 bridgehead atoms. The summed E-state index contributed by atoms with van der Waals surface area (Å²) in [6.07, 6.45) is 2.14. The van der Waals surface area contributed by atoms with Gasteiger partial charge in [-0.3, -0.25) is 9.59 Å². The molecular weight excluding hydrogens is 397 g/mol. The molecule has 3 N–H and O–H groups in total. The van der Waals surface area contributed by atoms with Crippen molar-refractivity contribution in [1.82, 2.24) is 4.98 Å². The first-order valence-corrected chi connectivity index (χ1v) is 10.1. The third-order valence-corrected chi connectivity index (χ3v) is 5.16.